The first-order chi connectivity index (χ1) is 8.09. The summed E-state index contributed by atoms with van der Waals surface area (Å²) in [6.45, 7) is 6.73. The molecule has 1 unspecified atom stereocenters. The van der Waals surface area contributed by atoms with Crippen LogP contribution in [0.15, 0.2) is 11.6 Å². The lowest BCUT2D eigenvalue weighted by molar-refractivity contribution is -0.292. The normalized spacial score (nSPS) is 30.8. The highest BCUT2D eigenvalue weighted by Crippen LogP contribution is 2.49. The lowest BCUT2D eigenvalue weighted by Crippen LogP contribution is -2.53. The molecule has 1 fully saturated rings. The molecule has 1 spiro atoms. The van der Waals surface area contributed by atoms with Crippen LogP contribution in [0.2, 0.25) is 0 Å². The molecule has 0 amide bonds. The fourth-order valence-corrected chi connectivity index (χ4v) is 2.88. The van der Waals surface area contributed by atoms with Gasteiger partial charge in [0.05, 0.1) is 0 Å². The number of carbonyl (C=O) groups is 1. The summed E-state index contributed by atoms with van der Waals surface area (Å²) in [5.74, 6) is -1.04. The lowest BCUT2D eigenvalue weighted by atomic mass is 9.95. The van der Waals surface area contributed by atoms with Crippen LogP contribution in [0.5, 0.6) is 0 Å². The van der Waals surface area contributed by atoms with Gasteiger partial charge in [0, 0.05) is 25.2 Å². The van der Waals surface area contributed by atoms with Crippen LogP contribution in [0, 0.1) is 0 Å². The van der Waals surface area contributed by atoms with Gasteiger partial charge < -0.3 is 14.2 Å². The van der Waals surface area contributed by atoms with Gasteiger partial charge in [0.15, 0.2) is 5.60 Å². The van der Waals surface area contributed by atoms with Crippen molar-refractivity contribution >= 4 is 5.97 Å². The van der Waals surface area contributed by atoms with E-state index in [4.69, 9.17) is 14.2 Å². The van der Waals surface area contributed by atoms with Crippen molar-refractivity contribution in [3.8, 4) is 0 Å². The first-order valence-corrected chi connectivity index (χ1v) is 6.30. The lowest BCUT2D eigenvalue weighted by Gasteiger charge is -2.40. The summed E-state index contributed by atoms with van der Waals surface area (Å²) < 4.78 is 17.2. The number of hydrogen-bond donors (Lipinski definition) is 0. The number of rotatable bonds is 4. The van der Waals surface area contributed by atoms with E-state index in [1.54, 1.807) is 6.92 Å². The molecule has 4 nitrogen and oxygen atoms in total. The van der Waals surface area contributed by atoms with Crippen LogP contribution < -0.4 is 0 Å². The van der Waals surface area contributed by atoms with Crippen molar-refractivity contribution in [3.63, 3.8) is 0 Å². The quantitative estimate of drug-likeness (QED) is 0.558. The molecule has 1 saturated carbocycles. The molecule has 0 N–H and O–H groups in total. The Morgan fingerprint density at radius 1 is 1.29 bits per heavy atom. The summed E-state index contributed by atoms with van der Waals surface area (Å²) in [6, 6.07) is 0. The SMILES string of the molecule is CCOC1(OCC)CCCC12C=C(C)C(=O)O2. The summed E-state index contributed by atoms with van der Waals surface area (Å²) in [6.07, 6.45) is 4.37. The molecule has 1 aliphatic heterocycles. The molecule has 1 heterocycles. The molecule has 1 atom stereocenters. The van der Waals surface area contributed by atoms with E-state index in [9.17, 15) is 4.79 Å². The highest BCUT2D eigenvalue weighted by atomic mass is 16.7. The van der Waals surface area contributed by atoms with E-state index in [0.717, 1.165) is 19.3 Å². The zero-order valence-corrected chi connectivity index (χ0v) is 10.7. The van der Waals surface area contributed by atoms with Crippen molar-refractivity contribution in [2.24, 2.45) is 0 Å². The van der Waals surface area contributed by atoms with Crippen molar-refractivity contribution in [1.29, 1.82) is 0 Å². The zero-order valence-electron chi connectivity index (χ0n) is 10.7. The van der Waals surface area contributed by atoms with Crippen LogP contribution in [-0.2, 0) is 19.0 Å². The molecule has 2 rings (SSSR count). The summed E-state index contributed by atoms with van der Waals surface area (Å²) >= 11 is 0. The standard InChI is InChI=1S/C13H20O4/c1-4-15-13(16-5-2)8-6-7-12(13)9-10(3)11(14)17-12/h9H,4-8H2,1-3H3. The molecule has 17 heavy (non-hydrogen) atoms. The summed E-state index contributed by atoms with van der Waals surface area (Å²) in [7, 11) is 0. The monoisotopic (exact) mass is 240 g/mol. The Labute approximate surface area is 102 Å². The molecule has 0 bridgehead atoms. The minimum absolute atomic E-state index is 0.254. The Bertz CT molecular complexity index is 341. The zero-order chi connectivity index (χ0) is 12.5. The molecular formula is C13H20O4. The van der Waals surface area contributed by atoms with Crippen molar-refractivity contribution in [1.82, 2.24) is 0 Å². The van der Waals surface area contributed by atoms with E-state index >= 15 is 0 Å². The average Bonchev–Trinajstić information content (AvgIpc) is 2.73. The second-order valence-electron chi connectivity index (χ2n) is 4.58. The highest BCUT2D eigenvalue weighted by molar-refractivity contribution is 5.91. The first kappa shape index (κ1) is 12.6. The van der Waals surface area contributed by atoms with E-state index in [1.807, 2.05) is 19.9 Å². The van der Waals surface area contributed by atoms with Gasteiger partial charge >= 0.3 is 5.97 Å². The van der Waals surface area contributed by atoms with Gasteiger partial charge in [0.2, 0.25) is 5.79 Å². The topological polar surface area (TPSA) is 44.8 Å². The Balaban J connectivity index is 2.35. The van der Waals surface area contributed by atoms with Crippen LogP contribution in [-0.4, -0.2) is 30.6 Å². The number of hydrogen-bond acceptors (Lipinski definition) is 4. The number of esters is 1. The van der Waals surface area contributed by atoms with Gasteiger partial charge in [-0.2, -0.15) is 0 Å². The van der Waals surface area contributed by atoms with Crippen LogP contribution in [0.1, 0.15) is 40.0 Å². The largest absolute Gasteiger partial charge is 0.446 e. The minimum Gasteiger partial charge on any atom is -0.446 e. The molecule has 0 radical (unpaired) electrons. The van der Waals surface area contributed by atoms with E-state index < -0.39 is 11.4 Å². The van der Waals surface area contributed by atoms with Crippen molar-refractivity contribution in [2.45, 2.75) is 51.4 Å². The first-order valence-electron chi connectivity index (χ1n) is 6.30. The Morgan fingerprint density at radius 3 is 2.41 bits per heavy atom. The van der Waals surface area contributed by atoms with Gasteiger partial charge in [-0.15, -0.1) is 0 Å². The third-order valence-electron chi connectivity index (χ3n) is 3.50. The van der Waals surface area contributed by atoms with Crippen LogP contribution in [0.25, 0.3) is 0 Å². The maximum absolute atomic E-state index is 11.6. The fourth-order valence-electron chi connectivity index (χ4n) is 2.88. The molecular weight excluding hydrogens is 220 g/mol. The van der Waals surface area contributed by atoms with Crippen LogP contribution >= 0.6 is 0 Å². The maximum Gasteiger partial charge on any atom is 0.334 e. The second kappa shape index (κ2) is 4.42. The van der Waals surface area contributed by atoms with E-state index in [0.29, 0.717) is 18.8 Å². The Kier molecular flexibility index (Phi) is 3.27. The van der Waals surface area contributed by atoms with Crippen molar-refractivity contribution in [2.75, 3.05) is 13.2 Å². The predicted octanol–water partition coefficient (Wildman–Crippen LogP) is 2.18. The van der Waals surface area contributed by atoms with Gasteiger partial charge in [-0.25, -0.2) is 4.79 Å². The summed E-state index contributed by atoms with van der Waals surface area (Å²) in [5.41, 5.74) is -0.0594. The Morgan fingerprint density at radius 2 is 1.94 bits per heavy atom. The van der Waals surface area contributed by atoms with Crippen molar-refractivity contribution in [3.05, 3.63) is 11.6 Å². The molecule has 4 heteroatoms. The van der Waals surface area contributed by atoms with Gasteiger partial charge in [-0.1, -0.05) is 0 Å². The van der Waals surface area contributed by atoms with Gasteiger partial charge in [0.25, 0.3) is 0 Å². The van der Waals surface area contributed by atoms with E-state index in [1.165, 1.54) is 0 Å². The predicted molar refractivity (Wildman–Crippen MR) is 62.4 cm³/mol. The van der Waals surface area contributed by atoms with E-state index in [2.05, 4.69) is 0 Å². The number of ether oxygens (including phenoxy) is 3. The molecule has 0 aromatic carbocycles. The molecule has 1 aliphatic carbocycles. The summed E-state index contributed by atoms with van der Waals surface area (Å²) in [4.78, 5) is 11.6. The van der Waals surface area contributed by atoms with Crippen LogP contribution in [0.4, 0.5) is 0 Å². The van der Waals surface area contributed by atoms with Gasteiger partial charge in [-0.3, -0.25) is 0 Å². The fraction of sp³-hybridized carbons (Fsp3) is 0.769. The highest BCUT2D eigenvalue weighted by Gasteiger charge is 2.61. The third kappa shape index (κ3) is 1.79. The van der Waals surface area contributed by atoms with E-state index in [-0.39, 0.29) is 5.97 Å². The smallest absolute Gasteiger partial charge is 0.334 e. The molecule has 0 aromatic heterocycles. The molecule has 96 valence electrons. The maximum atomic E-state index is 11.6. The average molecular weight is 240 g/mol. The molecule has 2 aliphatic rings. The number of carbonyl (C=O) groups excluding carboxylic acids is 1. The van der Waals surface area contributed by atoms with Gasteiger partial charge in [-0.05, 0) is 39.7 Å². The second-order valence-corrected chi connectivity index (χ2v) is 4.58. The minimum atomic E-state index is -0.788. The molecule has 0 aromatic rings. The Hall–Kier alpha value is -0.870. The van der Waals surface area contributed by atoms with Crippen LogP contribution in [0.3, 0.4) is 0 Å². The van der Waals surface area contributed by atoms with Gasteiger partial charge in [0.1, 0.15) is 0 Å². The third-order valence-corrected chi connectivity index (χ3v) is 3.50. The van der Waals surface area contributed by atoms with Crippen molar-refractivity contribution < 1.29 is 19.0 Å². The molecule has 0 saturated heterocycles. The summed E-state index contributed by atoms with van der Waals surface area (Å²) in [5, 5.41) is 0.